The predicted molar refractivity (Wildman–Crippen MR) is 66.7 cm³/mol. The molecule has 0 aromatic carbocycles. The summed E-state index contributed by atoms with van der Waals surface area (Å²) in [6.45, 7) is 4.39. The van der Waals surface area contributed by atoms with Crippen molar-refractivity contribution in [3.63, 3.8) is 0 Å². The number of rotatable bonds is 2. The first-order chi connectivity index (χ1) is 7.63. The summed E-state index contributed by atoms with van der Waals surface area (Å²) < 4.78 is 0. The van der Waals surface area contributed by atoms with Crippen LogP contribution >= 0.6 is 11.6 Å². The van der Waals surface area contributed by atoms with Gasteiger partial charge in [0.2, 0.25) is 5.28 Å². The third-order valence-electron chi connectivity index (χ3n) is 3.27. The van der Waals surface area contributed by atoms with Gasteiger partial charge in [-0.05, 0) is 37.8 Å². The molecule has 1 aromatic rings. The Hall–Kier alpha value is -1.03. The molecule has 1 aromatic heterocycles. The molecular formula is C11H17ClN4. The van der Waals surface area contributed by atoms with E-state index < -0.39 is 0 Å². The summed E-state index contributed by atoms with van der Waals surface area (Å²) in [4.78, 5) is 10.4. The van der Waals surface area contributed by atoms with E-state index in [0.29, 0.717) is 17.8 Å². The molecule has 0 radical (unpaired) electrons. The molecule has 0 saturated carbocycles. The fraction of sp³-hybridized carbons (Fsp3) is 0.636. The standard InChI is InChI=1S/C11H17ClN4/c1-3-8-5-4-7(2)16(8)10-9(13)6-14-11(12)15-10/h6-8H,3-5,13H2,1-2H3. The third kappa shape index (κ3) is 1.94. The molecule has 88 valence electrons. The molecule has 0 spiro atoms. The number of nitrogens with two attached hydrogens (primary N) is 1. The van der Waals surface area contributed by atoms with Crippen molar-refractivity contribution >= 4 is 23.1 Å². The fourth-order valence-corrected chi connectivity index (χ4v) is 2.55. The summed E-state index contributed by atoms with van der Waals surface area (Å²) in [6, 6.07) is 0.987. The molecular weight excluding hydrogens is 224 g/mol. The van der Waals surface area contributed by atoms with Gasteiger partial charge in [0.15, 0.2) is 5.82 Å². The van der Waals surface area contributed by atoms with Crippen LogP contribution in [0.2, 0.25) is 5.28 Å². The highest BCUT2D eigenvalue weighted by Gasteiger charge is 2.31. The molecule has 2 N–H and O–H groups in total. The Morgan fingerprint density at radius 1 is 1.56 bits per heavy atom. The molecule has 1 fully saturated rings. The SMILES string of the molecule is CCC1CCC(C)N1c1nc(Cl)ncc1N. The summed E-state index contributed by atoms with van der Waals surface area (Å²) in [5.74, 6) is 0.789. The van der Waals surface area contributed by atoms with E-state index in [-0.39, 0.29) is 5.28 Å². The topological polar surface area (TPSA) is 55.0 Å². The maximum absolute atomic E-state index is 5.92. The molecule has 0 aliphatic carbocycles. The fourth-order valence-electron chi connectivity index (χ4n) is 2.42. The van der Waals surface area contributed by atoms with Crippen molar-refractivity contribution in [2.45, 2.75) is 45.2 Å². The van der Waals surface area contributed by atoms with Crippen molar-refractivity contribution in [1.29, 1.82) is 0 Å². The van der Waals surface area contributed by atoms with Crippen LogP contribution in [0.3, 0.4) is 0 Å². The summed E-state index contributed by atoms with van der Waals surface area (Å²) >= 11 is 5.83. The monoisotopic (exact) mass is 240 g/mol. The van der Waals surface area contributed by atoms with Crippen LogP contribution in [0, 0.1) is 0 Å². The van der Waals surface area contributed by atoms with Gasteiger partial charge in [-0.15, -0.1) is 0 Å². The van der Waals surface area contributed by atoms with Crippen molar-refractivity contribution in [1.82, 2.24) is 9.97 Å². The van der Waals surface area contributed by atoms with Crippen molar-refractivity contribution in [3.05, 3.63) is 11.5 Å². The van der Waals surface area contributed by atoms with Gasteiger partial charge in [-0.3, -0.25) is 0 Å². The van der Waals surface area contributed by atoms with Crippen molar-refractivity contribution in [2.75, 3.05) is 10.6 Å². The van der Waals surface area contributed by atoms with Gasteiger partial charge in [-0.2, -0.15) is 4.98 Å². The molecule has 16 heavy (non-hydrogen) atoms. The Bertz CT molecular complexity index is 382. The zero-order chi connectivity index (χ0) is 11.7. The highest BCUT2D eigenvalue weighted by Crippen LogP contribution is 2.33. The van der Waals surface area contributed by atoms with Gasteiger partial charge in [0.05, 0.1) is 11.9 Å². The van der Waals surface area contributed by atoms with Gasteiger partial charge in [0, 0.05) is 12.1 Å². The first-order valence-corrected chi connectivity index (χ1v) is 6.07. The predicted octanol–water partition coefficient (Wildman–Crippen LogP) is 2.48. The van der Waals surface area contributed by atoms with E-state index in [0.717, 1.165) is 12.2 Å². The average molecular weight is 241 g/mol. The highest BCUT2D eigenvalue weighted by atomic mass is 35.5. The van der Waals surface area contributed by atoms with Crippen LogP contribution in [0.1, 0.15) is 33.1 Å². The minimum atomic E-state index is 0.262. The first kappa shape index (κ1) is 11.5. The molecule has 5 heteroatoms. The molecule has 1 saturated heterocycles. The summed E-state index contributed by atoms with van der Waals surface area (Å²) in [6.07, 6.45) is 5.06. The number of nitrogen functional groups attached to an aromatic ring is 1. The van der Waals surface area contributed by atoms with Crippen molar-refractivity contribution < 1.29 is 0 Å². The zero-order valence-electron chi connectivity index (χ0n) is 9.65. The number of aromatic nitrogens is 2. The lowest BCUT2D eigenvalue weighted by atomic mass is 10.1. The smallest absolute Gasteiger partial charge is 0.224 e. The summed E-state index contributed by atoms with van der Waals surface area (Å²) in [5.41, 5.74) is 6.53. The lowest BCUT2D eigenvalue weighted by molar-refractivity contribution is 0.621. The first-order valence-electron chi connectivity index (χ1n) is 5.69. The van der Waals surface area contributed by atoms with Crippen molar-refractivity contribution in [2.24, 2.45) is 0 Å². The lowest BCUT2D eigenvalue weighted by Crippen LogP contribution is -2.35. The van der Waals surface area contributed by atoms with E-state index in [2.05, 4.69) is 28.7 Å². The van der Waals surface area contributed by atoms with Gasteiger partial charge in [-0.25, -0.2) is 4.98 Å². The maximum atomic E-state index is 5.92. The van der Waals surface area contributed by atoms with Crippen LogP contribution in [0.15, 0.2) is 6.20 Å². The molecule has 4 nitrogen and oxygen atoms in total. The summed E-state index contributed by atoms with van der Waals surface area (Å²) in [7, 11) is 0. The molecule has 1 aliphatic rings. The van der Waals surface area contributed by atoms with Gasteiger partial charge in [0.1, 0.15) is 0 Å². The molecule has 2 rings (SSSR count). The molecule has 2 atom stereocenters. The number of hydrogen-bond acceptors (Lipinski definition) is 4. The van der Waals surface area contributed by atoms with Crippen LogP contribution < -0.4 is 10.6 Å². The number of hydrogen-bond donors (Lipinski definition) is 1. The second kappa shape index (κ2) is 4.45. The minimum Gasteiger partial charge on any atom is -0.394 e. The molecule has 0 bridgehead atoms. The number of anilines is 2. The Labute approximate surface area is 101 Å². The van der Waals surface area contributed by atoms with Crippen LogP contribution in [-0.4, -0.2) is 22.1 Å². The maximum Gasteiger partial charge on any atom is 0.224 e. The molecule has 2 unspecified atom stereocenters. The molecule has 1 aliphatic heterocycles. The van der Waals surface area contributed by atoms with Crippen LogP contribution in [0.25, 0.3) is 0 Å². The van der Waals surface area contributed by atoms with Crippen LogP contribution in [-0.2, 0) is 0 Å². The van der Waals surface area contributed by atoms with Gasteiger partial charge < -0.3 is 10.6 Å². The third-order valence-corrected chi connectivity index (χ3v) is 3.45. The Morgan fingerprint density at radius 3 is 3.00 bits per heavy atom. The Morgan fingerprint density at radius 2 is 2.31 bits per heavy atom. The van der Waals surface area contributed by atoms with E-state index >= 15 is 0 Å². The number of halogens is 1. The van der Waals surface area contributed by atoms with E-state index in [9.17, 15) is 0 Å². The van der Waals surface area contributed by atoms with E-state index in [1.807, 2.05) is 0 Å². The van der Waals surface area contributed by atoms with E-state index in [4.69, 9.17) is 17.3 Å². The molecule has 2 heterocycles. The average Bonchev–Trinajstić information content (AvgIpc) is 2.63. The second-order valence-electron chi connectivity index (χ2n) is 4.31. The van der Waals surface area contributed by atoms with Crippen LogP contribution in [0.5, 0.6) is 0 Å². The van der Waals surface area contributed by atoms with Crippen LogP contribution in [0.4, 0.5) is 11.5 Å². The molecule has 0 amide bonds. The van der Waals surface area contributed by atoms with E-state index in [1.165, 1.54) is 12.8 Å². The van der Waals surface area contributed by atoms with Gasteiger partial charge in [-0.1, -0.05) is 6.92 Å². The minimum absolute atomic E-state index is 0.262. The van der Waals surface area contributed by atoms with Crippen molar-refractivity contribution in [3.8, 4) is 0 Å². The number of nitrogens with zero attached hydrogens (tertiary/aromatic N) is 3. The highest BCUT2D eigenvalue weighted by molar-refractivity contribution is 6.28. The quantitative estimate of drug-likeness (QED) is 0.807. The largest absolute Gasteiger partial charge is 0.394 e. The lowest BCUT2D eigenvalue weighted by Gasteiger charge is -2.29. The summed E-state index contributed by atoms with van der Waals surface area (Å²) in [5, 5.41) is 0.262. The van der Waals surface area contributed by atoms with Gasteiger partial charge in [0.25, 0.3) is 0 Å². The second-order valence-corrected chi connectivity index (χ2v) is 4.65. The zero-order valence-corrected chi connectivity index (χ0v) is 10.4. The van der Waals surface area contributed by atoms with Gasteiger partial charge >= 0.3 is 0 Å². The normalized spacial score (nSPS) is 25.1. The Balaban J connectivity index is 2.37. The van der Waals surface area contributed by atoms with E-state index in [1.54, 1.807) is 6.20 Å². The Kier molecular flexibility index (Phi) is 3.19.